The predicted molar refractivity (Wildman–Crippen MR) is 530 cm³/mol. The third-order valence-electron chi connectivity index (χ3n) is 23.6. The van der Waals surface area contributed by atoms with Crippen molar-refractivity contribution in [3.05, 3.63) is 374 Å². The number of aromatic nitrogens is 17. The first-order valence-corrected chi connectivity index (χ1v) is 46.3. The SMILES string of the molecule is Cn1c(-c2[c-]c3c(cc2)c2cc(-c4nccs4)ccc2n3-c2[c-]c(-c3ccccn3)ccc2-c2nccs2)nc2ccccc21.Cn1c(-c2[c-]c3c(cc2)c2ccccc2n3-c2[c-]c(-c3cccc(-c4nccs4)n3)ccc2)nc2ccccc21.Cn1c(-c2[c-]c3c(cc2-c2nccs2)c2cc(-c4nccs4)ccc2n3-c2[c-]c(-c3ccccn3)ccc2)nc2ccccc21.[Pt+2].[Pt+2].[Pt+2]. The van der Waals surface area contributed by atoms with Crippen LogP contribution in [0.4, 0.5) is 0 Å². The van der Waals surface area contributed by atoms with Crippen molar-refractivity contribution in [2.24, 2.45) is 21.1 Å². The molecule has 0 N–H and O–H groups in total. The number of fused-ring (bicyclic) bond motifs is 12. The molecule has 12 aromatic carbocycles. The summed E-state index contributed by atoms with van der Waals surface area (Å²) in [5, 5.41) is 21.5. The van der Waals surface area contributed by atoms with E-state index >= 15 is 0 Å². The molecule has 25 heteroatoms. The molecule has 0 spiro atoms. The summed E-state index contributed by atoms with van der Waals surface area (Å²) in [5.74, 6) is 2.60. The number of rotatable bonds is 14. The van der Waals surface area contributed by atoms with E-state index in [9.17, 15) is 0 Å². The zero-order chi connectivity index (χ0) is 86.4. The standard InChI is InChI=1S/2C37H22N6S2.C34H21N5S.3Pt/c1-42-33-11-3-2-10-31(33)41-35(42)28-22-34-27(21-29(28)37-40-16-18-45-37)26-20-24(36-39-15-17-44-36)12-13-32(26)43(34)25-8-6-7-23(19-25)30-9-4-5-14-38-30;1-42-32-8-3-2-7-30(32)41-35(42)24-10-12-26-28-20-25(36-39-16-18-44-36)11-14-31(28)43(33(26)22-24)34-21-23(29-6-4-5-15-38-29)9-13-27(34)37-40-17-19-45-37;1-38-31-15-5-3-11-28(31)37-33(38)23-16-17-26-25-10-2-4-14-30(25)39(32(26)21-23)24-9-6-8-22(20-24)27-12-7-13-29(36-27)34-35-18-19-40-34;;;/h2-18,20-21H,1H3;2-20H,1H3;2-19H,1H3;;;/q3*-2;3*+2. The van der Waals surface area contributed by atoms with E-state index in [1.54, 1.807) is 56.7 Å². The summed E-state index contributed by atoms with van der Waals surface area (Å²) in [7, 11) is 6.18. The van der Waals surface area contributed by atoms with Gasteiger partial charge in [-0.3, -0.25) is 29.9 Å². The van der Waals surface area contributed by atoms with Gasteiger partial charge in [-0.1, -0.05) is 130 Å². The van der Waals surface area contributed by atoms with Crippen molar-refractivity contribution < 1.29 is 63.2 Å². The van der Waals surface area contributed by atoms with E-state index in [4.69, 9.17) is 29.9 Å². The van der Waals surface area contributed by atoms with Gasteiger partial charge in [0.15, 0.2) is 0 Å². The smallest absolute Gasteiger partial charge is 0.367 e. The van der Waals surface area contributed by atoms with Crippen molar-refractivity contribution in [3.8, 4) is 138 Å². The zero-order valence-corrected chi connectivity index (χ0v) is 81.3. The third kappa shape index (κ3) is 15.5. The molecule has 0 aliphatic carbocycles. The van der Waals surface area contributed by atoms with Gasteiger partial charge in [-0.15, -0.1) is 200 Å². The van der Waals surface area contributed by atoms with Crippen LogP contribution in [-0.4, -0.2) is 82.2 Å². The van der Waals surface area contributed by atoms with Crippen LogP contribution in [0.3, 0.4) is 0 Å². The van der Waals surface area contributed by atoms with Crippen molar-refractivity contribution in [2.45, 2.75) is 0 Å². The average Bonchev–Trinajstić information content (AvgIpc) is 1.58. The molecule has 0 saturated heterocycles. The molecule has 0 bridgehead atoms. The molecule has 642 valence electrons. The summed E-state index contributed by atoms with van der Waals surface area (Å²) in [4.78, 5) is 52.2. The maximum Gasteiger partial charge on any atom is 2.00 e. The van der Waals surface area contributed by atoms with Crippen LogP contribution in [0, 0.1) is 36.4 Å². The predicted octanol–water partition coefficient (Wildman–Crippen LogP) is 26.6. The summed E-state index contributed by atoms with van der Waals surface area (Å²) >= 11 is 8.10. The normalized spacial score (nSPS) is 11.4. The van der Waals surface area contributed by atoms with Gasteiger partial charge in [0, 0.05) is 119 Å². The Morgan fingerprint density at radius 1 is 0.248 bits per heavy atom. The number of imidazole rings is 3. The number of thiazole rings is 5. The second-order valence-corrected chi connectivity index (χ2v) is 35.6. The van der Waals surface area contributed by atoms with Gasteiger partial charge in [0.1, 0.15) is 15.0 Å². The van der Waals surface area contributed by atoms with E-state index < -0.39 is 0 Å². The number of nitrogens with zero attached hydrogens (tertiary/aromatic N) is 17. The van der Waals surface area contributed by atoms with Crippen molar-refractivity contribution in [1.29, 1.82) is 0 Å². The van der Waals surface area contributed by atoms with E-state index in [1.807, 2.05) is 173 Å². The third-order valence-corrected chi connectivity index (χ3v) is 27.6. The van der Waals surface area contributed by atoms with Gasteiger partial charge in [-0.2, -0.15) is 0 Å². The largest absolute Gasteiger partial charge is 2.00 e. The Morgan fingerprint density at radius 3 is 1.20 bits per heavy atom. The molecule has 0 aliphatic rings. The minimum atomic E-state index is 0. The number of pyridine rings is 3. The van der Waals surface area contributed by atoms with E-state index in [0.717, 1.165) is 231 Å². The average molecular weight is 2350 g/mol. The summed E-state index contributed by atoms with van der Waals surface area (Å²) in [6, 6.07) is 114. The van der Waals surface area contributed by atoms with Crippen molar-refractivity contribution in [3.63, 3.8) is 0 Å². The van der Waals surface area contributed by atoms with Gasteiger partial charge < -0.3 is 37.4 Å². The van der Waals surface area contributed by atoms with Crippen LogP contribution in [0.5, 0.6) is 0 Å². The fourth-order valence-corrected chi connectivity index (χ4v) is 20.8. The number of hydrogen-bond donors (Lipinski definition) is 0. The van der Waals surface area contributed by atoms with E-state index in [1.165, 1.54) is 5.39 Å². The van der Waals surface area contributed by atoms with Crippen molar-refractivity contribution >= 4 is 155 Å². The molecule has 0 aliphatic heterocycles. The Labute approximate surface area is 825 Å². The van der Waals surface area contributed by atoms with Gasteiger partial charge in [0.2, 0.25) is 0 Å². The quantitative estimate of drug-likeness (QED) is 0.0949. The molecular formula is C108H65N17Pt3S5. The molecule has 0 atom stereocenters. The molecule has 26 aromatic rings. The number of aryl methyl sites for hydroxylation is 3. The summed E-state index contributed by atoms with van der Waals surface area (Å²) in [6.45, 7) is 0. The maximum atomic E-state index is 5.09. The molecule has 0 saturated carbocycles. The van der Waals surface area contributed by atoms with E-state index in [0.29, 0.717) is 0 Å². The van der Waals surface area contributed by atoms with Gasteiger partial charge in [0.05, 0.1) is 66.3 Å². The Kier molecular flexibility index (Phi) is 23.5. The Bertz CT molecular complexity index is 8810. The van der Waals surface area contributed by atoms with Crippen LogP contribution < -0.4 is 0 Å². The fraction of sp³-hybridized carbons (Fsp3) is 0.0278. The van der Waals surface area contributed by atoms with Crippen LogP contribution in [0.2, 0.25) is 0 Å². The van der Waals surface area contributed by atoms with Crippen LogP contribution >= 0.6 is 56.7 Å². The second kappa shape index (κ2) is 36.3. The molecular weight excluding hydrogens is 2280 g/mol. The summed E-state index contributed by atoms with van der Waals surface area (Å²) in [5.41, 5.74) is 28.1. The number of hydrogen-bond acceptors (Lipinski definition) is 16. The minimum Gasteiger partial charge on any atom is -0.367 e. The van der Waals surface area contributed by atoms with Crippen LogP contribution in [0.25, 0.3) is 237 Å². The molecule has 133 heavy (non-hydrogen) atoms. The van der Waals surface area contributed by atoms with E-state index in [-0.39, 0.29) is 63.2 Å². The molecule has 17 nitrogen and oxygen atoms in total. The van der Waals surface area contributed by atoms with Gasteiger partial charge in [-0.25, -0.2) is 15.0 Å². The molecule has 0 radical (unpaired) electrons. The van der Waals surface area contributed by atoms with Crippen LogP contribution in [-0.2, 0) is 84.3 Å². The molecule has 0 fully saturated rings. The topological polar surface area (TPSA) is 171 Å². The maximum absolute atomic E-state index is 5.09. The molecule has 0 amide bonds. The molecule has 26 rings (SSSR count). The first-order valence-electron chi connectivity index (χ1n) is 41.9. The Balaban J connectivity index is 0.000000119. The first-order chi connectivity index (χ1) is 64.2. The van der Waals surface area contributed by atoms with Crippen LogP contribution in [0.15, 0.2) is 337 Å². The number of para-hydroxylation sites is 7. The van der Waals surface area contributed by atoms with Gasteiger partial charge in [0.25, 0.3) is 0 Å². The second-order valence-electron chi connectivity index (χ2n) is 31.1. The summed E-state index contributed by atoms with van der Waals surface area (Å²) < 4.78 is 13.2. The Hall–Kier alpha value is -13.9. The fourth-order valence-electron chi connectivity index (χ4n) is 17.6. The van der Waals surface area contributed by atoms with Crippen molar-refractivity contribution in [1.82, 2.24) is 82.2 Å². The molecule has 14 aromatic heterocycles. The molecule has 14 heterocycles. The number of benzene rings is 12. The minimum absolute atomic E-state index is 0. The van der Waals surface area contributed by atoms with Gasteiger partial charge >= 0.3 is 63.2 Å². The van der Waals surface area contributed by atoms with Crippen LogP contribution in [0.1, 0.15) is 0 Å². The zero-order valence-electron chi connectivity index (χ0n) is 70.4. The van der Waals surface area contributed by atoms with Gasteiger partial charge in [-0.05, 0) is 157 Å². The van der Waals surface area contributed by atoms with Crippen molar-refractivity contribution in [2.75, 3.05) is 0 Å². The first kappa shape index (κ1) is 85.9. The monoisotopic (exact) mass is 2340 g/mol. The molecule has 0 unspecified atom stereocenters. The van der Waals surface area contributed by atoms with E-state index in [2.05, 4.69) is 274 Å². The Morgan fingerprint density at radius 2 is 0.662 bits per heavy atom. The summed E-state index contributed by atoms with van der Waals surface area (Å²) in [6.07, 6.45) is 12.8.